The van der Waals surface area contributed by atoms with Crippen molar-refractivity contribution in [2.24, 2.45) is 5.73 Å². The Hall–Kier alpha value is -1.69. The fraction of sp³-hybridized carbons (Fsp3) is 0.222. The molecule has 2 aromatic rings. The van der Waals surface area contributed by atoms with Crippen LogP contribution in [0.4, 0.5) is 0 Å². The summed E-state index contributed by atoms with van der Waals surface area (Å²) in [6.45, 7) is 4.69. The maximum atomic E-state index is 5.44. The van der Waals surface area contributed by atoms with Crippen LogP contribution in [-0.4, -0.2) is 6.54 Å². The molecule has 2 heteroatoms. The molecule has 2 rings (SSSR count). The fourth-order valence-corrected chi connectivity index (χ4v) is 2.88. The Morgan fingerprint density at radius 1 is 1.05 bits per heavy atom. The number of thioether (sulfide) groups is 1. The molecule has 102 valence electrons. The van der Waals surface area contributed by atoms with E-state index in [2.05, 4.69) is 62.1 Å². The van der Waals surface area contributed by atoms with E-state index in [1.54, 1.807) is 0 Å². The van der Waals surface area contributed by atoms with Crippen LogP contribution in [0.15, 0.2) is 47.4 Å². The van der Waals surface area contributed by atoms with Crippen LogP contribution in [0.5, 0.6) is 0 Å². The van der Waals surface area contributed by atoms with E-state index in [-0.39, 0.29) is 0 Å². The zero-order valence-electron chi connectivity index (χ0n) is 11.9. The monoisotopic (exact) mass is 281 g/mol. The smallest absolute Gasteiger partial charge is 0.0555 e. The molecule has 0 heterocycles. The average molecular weight is 281 g/mol. The summed E-state index contributed by atoms with van der Waals surface area (Å²) >= 11 is 1.84. The van der Waals surface area contributed by atoms with Crippen molar-refractivity contribution in [2.45, 2.75) is 24.5 Å². The Labute approximate surface area is 125 Å². The predicted octanol–water partition coefficient (Wildman–Crippen LogP) is 3.91. The quantitative estimate of drug-likeness (QED) is 0.682. The molecule has 0 aliphatic heterocycles. The normalized spacial score (nSPS) is 9.95. The summed E-state index contributed by atoms with van der Waals surface area (Å²) in [6.07, 6.45) is 0. The SMILES string of the molecule is Cc1ccc(SCc2ccccc2C#CCN)cc1C. The molecule has 0 aliphatic carbocycles. The number of hydrogen-bond acceptors (Lipinski definition) is 2. The third kappa shape index (κ3) is 3.90. The van der Waals surface area contributed by atoms with Crippen LogP contribution < -0.4 is 5.73 Å². The minimum Gasteiger partial charge on any atom is -0.320 e. The Morgan fingerprint density at radius 2 is 1.85 bits per heavy atom. The summed E-state index contributed by atoms with van der Waals surface area (Å²) < 4.78 is 0. The fourth-order valence-electron chi connectivity index (χ4n) is 1.88. The van der Waals surface area contributed by atoms with Crippen LogP contribution in [0.1, 0.15) is 22.3 Å². The van der Waals surface area contributed by atoms with Gasteiger partial charge >= 0.3 is 0 Å². The molecule has 0 saturated heterocycles. The number of aryl methyl sites for hydroxylation is 2. The lowest BCUT2D eigenvalue weighted by molar-refractivity contribution is 1.27. The highest BCUT2D eigenvalue weighted by atomic mass is 32.2. The van der Waals surface area contributed by atoms with E-state index in [1.807, 2.05) is 17.8 Å². The minimum atomic E-state index is 0.401. The molecule has 0 aliphatic rings. The highest BCUT2D eigenvalue weighted by Crippen LogP contribution is 2.26. The number of rotatable bonds is 3. The molecule has 0 unspecified atom stereocenters. The van der Waals surface area contributed by atoms with Crippen molar-refractivity contribution in [1.82, 2.24) is 0 Å². The number of benzene rings is 2. The molecule has 2 N–H and O–H groups in total. The standard InChI is InChI=1S/C18H19NS/c1-14-9-10-18(12-15(14)2)20-13-17-7-4-3-6-16(17)8-5-11-19/h3-4,6-7,9-10,12H,11,13,19H2,1-2H3. The van der Waals surface area contributed by atoms with Crippen molar-refractivity contribution >= 4 is 11.8 Å². The third-order valence-corrected chi connectivity index (χ3v) is 4.26. The van der Waals surface area contributed by atoms with Gasteiger partial charge in [-0.15, -0.1) is 11.8 Å². The summed E-state index contributed by atoms with van der Waals surface area (Å²) in [6, 6.07) is 14.9. The van der Waals surface area contributed by atoms with Crippen LogP contribution in [-0.2, 0) is 5.75 Å². The van der Waals surface area contributed by atoms with Crippen molar-refractivity contribution in [1.29, 1.82) is 0 Å². The summed E-state index contributed by atoms with van der Waals surface area (Å²) in [4.78, 5) is 1.30. The van der Waals surface area contributed by atoms with Gasteiger partial charge in [-0.1, -0.05) is 36.1 Å². The van der Waals surface area contributed by atoms with Crippen molar-refractivity contribution in [3.63, 3.8) is 0 Å². The first-order chi connectivity index (χ1) is 9.70. The van der Waals surface area contributed by atoms with Gasteiger partial charge in [-0.3, -0.25) is 0 Å². The summed E-state index contributed by atoms with van der Waals surface area (Å²) in [5.41, 5.74) is 10.5. The van der Waals surface area contributed by atoms with Crippen LogP contribution in [0.3, 0.4) is 0 Å². The third-order valence-electron chi connectivity index (χ3n) is 3.22. The van der Waals surface area contributed by atoms with Crippen molar-refractivity contribution in [3.8, 4) is 11.8 Å². The van der Waals surface area contributed by atoms with E-state index < -0.39 is 0 Å². The number of nitrogens with two attached hydrogens (primary N) is 1. The van der Waals surface area contributed by atoms with Gasteiger partial charge in [-0.05, 0) is 48.7 Å². The van der Waals surface area contributed by atoms with Gasteiger partial charge in [0.15, 0.2) is 0 Å². The molecule has 0 fully saturated rings. The lowest BCUT2D eigenvalue weighted by atomic mass is 10.1. The van der Waals surface area contributed by atoms with E-state index in [0.29, 0.717) is 6.54 Å². The molecule has 0 amide bonds. The van der Waals surface area contributed by atoms with E-state index in [9.17, 15) is 0 Å². The summed E-state index contributed by atoms with van der Waals surface area (Å²) in [7, 11) is 0. The second-order valence-electron chi connectivity index (χ2n) is 4.70. The lowest BCUT2D eigenvalue weighted by Gasteiger charge is -2.07. The van der Waals surface area contributed by atoms with Gasteiger partial charge in [0.05, 0.1) is 6.54 Å². The maximum Gasteiger partial charge on any atom is 0.0555 e. The van der Waals surface area contributed by atoms with Crippen LogP contribution in [0.2, 0.25) is 0 Å². The Bertz CT molecular complexity index is 650. The predicted molar refractivity (Wildman–Crippen MR) is 87.9 cm³/mol. The molecule has 0 aromatic heterocycles. The van der Waals surface area contributed by atoms with Crippen molar-refractivity contribution in [3.05, 3.63) is 64.7 Å². The molecular formula is C18H19NS. The topological polar surface area (TPSA) is 26.0 Å². The number of hydrogen-bond donors (Lipinski definition) is 1. The lowest BCUT2D eigenvalue weighted by Crippen LogP contribution is -1.94. The average Bonchev–Trinajstić information content (AvgIpc) is 2.47. The Kier molecular flexibility index (Phi) is 5.29. The van der Waals surface area contributed by atoms with Crippen LogP contribution in [0, 0.1) is 25.7 Å². The zero-order chi connectivity index (χ0) is 14.4. The molecule has 0 saturated carbocycles. The van der Waals surface area contributed by atoms with E-state index in [4.69, 9.17) is 5.73 Å². The van der Waals surface area contributed by atoms with Crippen molar-refractivity contribution < 1.29 is 0 Å². The largest absolute Gasteiger partial charge is 0.320 e. The van der Waals surface area contributed by atoms with Gasteiger partial charge < -0.3 is 5.73 Å². The maximum absolute atomic E-state index is 5.44. The molecule has 0 atom stereocenters. The van der Waals surface area contributed by atoms with Gasteiger partial charge in [0, 0.05) is 16.2 Å². The van der Waals surface area contributed by atoms with E-state index in [0.717, 1.165) is 11.3 Å². The second kappa shape index (κ2) is 7.19. The molecule has 20 heavy (non-hydrogen) atoms. The molecule has 0 radical (unpaired) electrons. The minimum absolute atomic E-state index is 0.401. The first-order valence-corrected chi connectivity index (χ1v) is 7.66. The first-order valence-electron chi connectivity index (χ1n) is 6.67. The van der Waals surface area contributed by atoms with Gasteiger partial charge in [0.1, 0.15) is 0 Å². The molecule has 0 spiro atoms. The van der Waals surface area contributed by atoms with Crippen molar-refractivity contribution in [2.75, 3.05) is 6.54 Å². The Balaban J connectivity index is 2.12. The molecule has 1 nitrogen and oxygen atoms in total. The van der Waals surface area contributed by atoms with Crippen LogP contribution in [0.25, 0.3) is 0 Å². The molecular weight excluding hydrogens is 262 g/mol. The highest BCUT2D eigenvalue weighted by molar-refractivity contribution is 7.98. The van der Waals surface area contributed by atoms with E-state index in [1.165, 1.54) is 21.6 Å². The highest BCUT2D eigenvalue weighted by Gasteiger charge is 2.02. The summed E-state index contributed by atoms with van der Waals surface area (Å²) in [5, 5.41) is 0. The first kappa shape index (κ1) is 14.7. The van der Waals surface area contributed by atoms with E-state index >= 15 is 0 Å². The molecule has 2 aromatic carbocycles. The van der Waals surface area contributed by atoms with Crippen LogP contribution >= 0.6 is 11.8 Å². The van der Waals surface area contributed by atoms with Gasteiger partial charge in [-0.25, -0.2) is 0 Å². The zero-order valence-corrected chi connectivity index (χ0v) is 12.8. The second-order valence-corrected chi connectivity index (χ2v) is 5.75. The Morgan fingerprint density at radius 3 is 2.60 bits per heavy atom. The van der Waals surface area contributed by atoms with Gasteiger partial charge in [0.2, 0.25) is 0 Å². The van der Waals surface area contributed by atoms with Gasteiger partial charge in [0.25, 0.3) is 0 Å². The summed E-state index contributed by atoms with van der Waals surface area (Å²) in [5.74, 6) is 7.00. The van der Waals surface area contributed by atoms with Gasteiger partial charge in [-0.2, -0.15) is 0 Å². The molecule has 0 bridgehead atoms.